The summed E-state index contributed by atoms with van der Waals surface area (Å²) >= 11 is 0. The fourth-order valence-electron chi connectivity index (χ4n) is 2.75. The number of benzene rings is 1. The van der Waals surface area contributed by atoms with Crippen LogP contribution in [0.4, 0.5) is 0 Å². The minimum Gasteiger partial charge on any atom is -0.338 e. The number of aryl methyl sites for hydroxylation is 1. The fraction of sp³-hybridized carbons (Fsp3) is 0.375. The Hall–Kier alpha value is -2.19. The van der Waals surface area contributed by atoms with E-state index in [0.29, 0.717) is 37.7 Å². The van der Waals surface area contributed by atoms with Gasteiger partial charge in [-0.15, -0.1) is 0 Å². The molecule has 0 bridgehead atoms. The summed E-state index contributed by atoms with van der Waals surface area (Å²) in [4.78, 5) is 20.9. The first-order valence-electron chi connectivity index (χ1n) is 7.78. The van der Waals surface area contributed by atoms with E-state index in [4.69, 9.17) is 0 Å². The molecule has 8 heteroatoms. The van der Waals surface area contributed by atoms with Gasteiger partial charge in [0, 0.05) is 26.2 Å². The molecule has 0 atom stereocenters. The molecule has 1 aliphatic rings. The molecule has 2 heterocycles. The number of nitrogens with zero attached hydrogens (tertiary/aromatic N) is 3. The maximum Gasteiger partial charge on any atom is 0.272 e. The molecule has 7 nitrogen and oxygen atoms in total. The van der Waals surface area contributed by atoms with Gasteiger partial charge in [-0.25, -0.2) is 13.4 Å². The third-order valence-electron chi connectivity index (χ3n) is 4.04. The Morgan fingerprint density at radius 3 is 2.42 bits per heavy atom. The molecule has 1 aromatic heterocycles. The van der Waals surface area contributed by atoms with Crippen molar-refractivity contribution >= 4 is 15.9 Å². The molecule has 1 fully saturated rings. The molecule has 0 unspecified atom stereocenters. The van der Waals surface area contributed by atoms with Crippen LogP contribution in [-0.4, -0.2) is 59.7 Å². The summed E-state index contributed by atoms with van der Waals surface area (Å²) in [5, 5.41) is 0. The van der Waals surface area contributed by atoms with Crippen molar-refractivity contribution in [2.75, 3.05) is 26.2 Å². The van der Waals surface area contributed by atoms with Crippen LogP contribution in [0.25, 0.3) is 0 Å². The summed E-state index contributed by atoms with van der Waals surface area (Å²) in [6.07, 6.45) is 1.51. The number of aromatic nitrogens is 2. The number of hydrogen-bond acceptors (Lipinski definition) is 4. The SMILES string of the molecule is Cc1ncc(C(=O)N2CCN(S(=O)(=O)Cc3ccccc3)CC2)[nH]1. The maximum absolute atomic E-state index is 12.5. The molecule has 3 rings (SSSR count). The summed E-state index contributed by atoms with van der Waals surface area (Å²) in [5.74, 6) is 0.528. The normalized spacial score (nSPS) is 16.3. The van der Waals surface area contributed by atoms with Gasteiger partial charge in [0.2, 0.25) is 10.0 Å². The van der Waals surface area contributed by atoms with E-state index < -0.39 is 10.0 Å². The Bertz CT molecular complexity index is 809. The number of sulfonamides is 1. The molecule has 1 aromatic carbocycles. The molecule has 1 aliphatic heterocycles. The second kappa shape index (κ2) is 6.74. The predicted octanol–water partition coefficient (Wildman–Crippen LogP) is 1.01. The number of H-pyrrole nitrogens is 1. The highest BCUT2D eigenvalue weighted by molar-refractivity contribution is 7.88. The van der Waals surface area contributed by atoms with E-state index in [1.54, 1.807) is 24.0 Å². The minimum atomic E-state index is -3.37. The van der Waals surface area contributed by atoms with Gasteiger partial charge < -0.3 is 9.88 Å². The lowest BCUT2D eigenvalue weighted by Gasteiger charge is -2.33. The average molecular weight is 348 g/mol. The first kappa shape index (κ1) is 16.7. The van der Waals surface area contributed by atoms with E-state index in [1.807, 2.05) is 18.2 Å². The Balaban J connectivity index is 1.61. The fourth-order valence-corrected chi connectivity index (χ4v) is 4.26. The van der Waals surface area contributed by atoms with Crippen LogP contribution < -0.4 is 0 Å². The van der Waals surface area contributed by atoms with Crippen LogP contribution in [0.1, 0.15) is 21.9 Å². The third-order valence-corrected chi connectivity index (χ3v) is 5.89. The number of aromatic amines is 1. The highest BCUT2D eigenvalue weighted by atomic mass is 32.2. The molecule has 0 radical (unpaired) electrons. The lowest BCUT2D eigenvalue weighted by molar-refractivity contribution is 0.0692. The van der Waals surface area contributed by atoms with Crippen LogP contribution in [0.3, 0.4) is 0 Å². The minimum absolute atomic E-state index is 0.0124. The van der Waals surface area contributed by atoms with Gasteiger partial charge in [0.25, 0.3) is 5.91 Å². The van der Waals surface area contributed by atoms with Gasteiger partial charge in [-0.2, -0.15) is 4.31 Å². The van der Waals surface area contributed by atoms with Crippen molar-refractivity contribution < 1.29 is 13.2 Å². The van der Waals surface area contributed by atoms with Gasteiger partial charge in [0.15, 0.2) is 0 Å². The quantitative estimate of drug-likeness (QED) is 0.893. The van der Waals surface area contributed by atoms with Gasteiger partial charge >= 0.3 is 0 Å². The zero-order valence-corrected chi connectivity index (χ0v) is 14.3. The molecular formula is C16H20N4O3S. The number of nitrogens with one attached hydrogen (secondary N) is 1. The van der Waals surface area contributed by atoms with Crippen LogP contribution in [0, 0.1) is 6.92 Å². The Kier molecular flexibility index (Phi) is 4.68. The second-order valence-electron chi connectivity index (χ2n) is 5.82. The van der Waals surface area contributed by atoms with Crippen molar-refractivity contribution in [2.24, 2.45) is 0 Å². The smallest absolute Gasteiger partial charge is 0.272 e. The summed E-state index contributed by atoms with van der Waals surface area (Å²) in [6, 6.07) is 9.12. The molecule has 1 saturated heterocycles. The molecule has 0 saturated carbocycles. The molecule has 24 heavy (non-hydrogen) atoms. The van der Waals surface area contributed by atoms with Gasteiger partial charge in [-0.05, 0) is 12.5 Å². The van der Waals surface area contributed by atoms with E-state index >= 15 is 0 Å². The second-order valence-corrected chi connectivity index (χ2v) is 7.78. The number of carbonyl (C=O) groups excluding carboxylic acids is 1. The third kappa shape index (κ3) is 3.65. The zero-order chi connectivity index (χ0) is 17.2. The van der Waals surface area contributed by atoms with E-state index in [1.165, 1.54) is 10.5 Å². The number of hydrogen-bond donors (Lipinski definition) is 1. The topological polar surface area (TPSA) is 86.4 Å². The summed E-state index contributed by atoms with van der Waals surface area (Å²) in [7, 11) is -3.37. The number of piperazine rings is 1. The van der Waals surface area contributed by atoms with E-state index in [2.05, 4.69) is 9.97 Å². The van der Waals surface area contributed by atoms with Crippen molar-refractivity contribution in [1.82, 2.24) is 19.2 Å². The van der Waals surface area contributed by atoms with E-state index in [-0.39, 0.29) is 11.7 Å². The van der Waals surface area contributed by atoms with Crippen LogP contribution in [0.5, 0.6) is 0 Å². The van der Waals surface area contributed by atoms with Crippen LogP contribution >= 0.6 is 0 Å². The van der Waals surface area contributed by atoms with Crippen LogP contribution in [0.2, 0.25) is 0 Å². The molecule has 2 aromatic rings. The molecule has 128 valence electrons. The highest BCUT2D eigenvalue weighted by Crippen LogP contribution is 2.15. The van der Waals surface area contributed by atoms with Gasteiger partial charge in [0.1, 0.15) is 11.5 Å². The summed E-state index contributed by atoms with van der Waals surface area (Å²) in [6.45, 7) is 3.17. The Morgan fingerprint density at radius 1 is 1.17 bits per heavy atom. The summed E-state index contributed by atoms with van der Waals surface area (Å²) < 4.78 is 26.5. The standard InChI is InChI=1S/C16H20N4O3S/c1-13-17-11-15(18-13)16(21)19-7-9-20(10-8-19)24(22,23)12-14-5-3-2-4-6-14/h2-6,11H,7-10,12H2,1H3,(H,17,18). The zero-order valence-electron chi connectivity index (χ0n) is 13.5. The molecule has 0 aliphatic carbocycles. The van der Waals surface area contributed by atoms with Crippen molar-refractivity contribution in [1.29, 1.82) is 0 Å². The number of imidazole rings is 1. The number of carbonyl (C=O) groups is 1. The maximum atomic E-state index is 12.5. The Labute approximate surface area is 141 Å². The largest absolute Gasteiger partial charge is 0.338 e. The average Bonchev–Trinajstić information content (AvgIpc) is 3.01. The van der Waals surface area contributed by atoms with Crippen molar-refractivity contribution in [2.45, 2.75) is 12.7 Å². The van der Waals surface area contributed by atoms with Crippen molar-refractivity contribution in [3.63, 3.8) is 0 Å². The lowest BCUT2D eigenvalue weighted by atomic mass is 10.2. The first-order chi connectivity index (χ1) is 11.5. The first-order valence-corrected chi connectivity index (χ1v) is 9.39. The summed E-state index contributed by atoms with van der Waals surface area (Å²) in [5.41, 5.74) is 1.21. The van der Waals surface area contributed by atoms with Crippen molar-refractivity contribution in [3.05, 3.63) is 53.6 Å². The van der Waals surface area contributed by atoms with Gasteiger partial charge in [-0.1, -0.05) is 30.3 Å². The van der Waals surface area contributed by atoms with Gasteiger partial charge in [0.05, 0.1) is 11.9 Å². The number of amides is 1. The molecule has 0 spiro atoms. The van der Waals surface area contributed by atoms with Crippen LogP contribution in [-0.2, 0) is 15.8 Å². The monoisotopic (exact) mass is 348 g/mol. The van der Waals surface area contributed by atoms with E-state index in [9.17, 15) is 13.2 Å². The molecule has 1 N–H and O–H groups in total. The van der Waals surface area contributed by atoms with Crippen LogP contribution in [0.15, 0.2) is 36.5 Å². The lowest BCUT2D eigenvalue weighted by Crippen LogP contribution is -2.50. The predicted molar refractivity (Wildman–Crippen MR) is 89.9 cm³/mol. The highest BCUT2D eigenvalue weighted by Gasteiger charge is 2.29. The van der Waals surface area contributed by atoms with Gasteiger partial charge in [-0.3, -0.25) is 4.79 Å². The number of rotatable bonds is 4. The molecule has 1 amide bonds. The Morgan fingerprint density at radius 2 is 1.83 bits per heavy atom. The molecular weight excluding hydrogens is 328 g/mol. The van der Waals surface area contributed by atoms with Crippen molar-refractivity contribution in [3.8, 4) is 0 Å². The van der Waals surface area contributed by atoms with E-state index in [0.717, 1.165) is 5.56 Å².